The Morgan fingerprint density at radius 2 is 2.12 bits per heavy atom. The maximum Gasteiger partial charge on any atom is 0.147 e. The second-order valence-electron chi connectivity index (χ2n) is 3.52. The van der Waals surface area contributed by atoms with E-state index < -0.39 is 11.6 Å². The normalized spacial score (nSPS) is 12.5. The van der Waals surface area contributed by atoms with E-state index in [1.54, 1.807) is 11.7 Å². The van der Waals surface area contributed by atoms with Gasteiger partial charge in [0.25, 0.3) is 0 Å². The lowest BCUT2D eigenvalue weighted by Crippen LogP contribution is -2.07. The Balaban J connectivity index is 2.22. The maximum absolute atomic E-state index is 13.6. The van der Waals surface area contributed by atoms with Crippen LogP contribution >= 0.6 is 27.3 Å². The van der Waals surface area contributed by atoms with Crippen molar-refractivity contribution in [2.45, 2.75) is 13.0 Å². The van der Waals surface area contributed by atoms with Gasteiger partial charge in [-0.05, 0) is 28.9 Å². The number of nitrogens with one attached hydrogen (secondary N) is 1. The van der Waals surface area contributed by atoms with Crippen LogP contribution in [0.15, 0.2) is 28.3 Å². The van der Waals surface area contributed by atoms with Crippen LogP contribution < -0.4 is 5.32 Å². The smallest absolute Gasteiger partial charge is 0.147 e. The fourth-order valence-corrected chi connectivity index (χ4v) is 2.32. The van der Waals surface area contributed by atoms with Crippen LogP contribution in [0.25, 0.3) is 0 Å². The number of hydrogen-bond donors (Lipinski definition) is 1. The van der Waals surface area contributed by atoms with Gasteiger partial charge in [0.05, 0.1) is 21.7 Å². The summed E-state index contributed by atoms with van der Waals surface area (Å²) in [6.45, 7) is 1.87. The maximum atomic E-state index is 13.6. The second kappa shape index (κ2) is 5.10. The molecule has 6 heteroatoms. The van der Waals surface area contributed by atoms with E-state index in [1.807, 2.05) is 6.92 Å². The molecule has 2 rings (SSSR count). The predicted molar refractivity (Wildman–Crippen MR) is 68.2 cm³/mol. The molecule has 0 amide bonds. The number of halogens is 3. The summed E-state index contributed by atoms with van der Waals surface area (Å²) in [5.41, 5.74) is 1.85. The molecule has 1 N–H and O–H groups in total. The lowest BCUT2D eigenvalue weighted by atomic mass is 10.2. The molecule has 0 saturated carbocycles. The molecule has 0 aliphatic carbocycles. The Kier molecular flexibility index (Phi) is 3.73. The fourth-order valence-electron chi connectivity index (χ4n) is 1.38. The second-order valence-corrected chi connectivity index (χ2v) is 5.29. The van der Waals surface area contributed by atoms with Gasteiger partial charge in [-0.1, -0.05) is 0 Å². The average molecular weight is 319 g/mol. The molecule has 90 valence electrons. The highest BCUT2D eigenvalue weighted by Crippen LogP contribution is 2.27. The molecule has 0 fully saturated rings. The van der Waals surface area contributed by atoms with Gasteiger partial charge in [-0.3, -0.25) is 4.98 Å². The number of hydrogen-bond acceptors (Lipinski definition) is 3. The van der Waals surface area contributed by atoms with Crippen LogP contribution in [0.4, 0.5) is 14.5 Å². The van der Waals surface area contributed by atoms with Crippen molar-refractivity contribution in [1.29, 1.82) is 0 Å². The van der Waals surface area contributed by atoms with Crippen LogP contribution in [-0.2, 0) is 0 Å². The van der Waals surface area contributed by atoms with Crippen molar-refractivity contribution >= 4 is 33.0 Å². The molecule has 1 unspecified atom stereocenters. The predicted octanol–water partition coefficient (Wildman–Crippen LogP) is 4.36. The molecule has 1 aromatic carbocycles. The number of thiazole rings is 1. The van der Waals surface area contributed by atoms with E-state index in [4.69, 9.17) is 0 Å². The third-order valence-corrected chi connectivity index (χ3v) is 3.83. The zero-order chi connectivity index (χ0) is 12.4. The highest BCUT2D eigenvalue weighted by Gasteiger charge is 2.12. The van der Waals surface area contributed by atoms with E-state index in [0.717, 1.165) is 17.0 Å². The van der Waals surface area contributed by atoms with Gasteiger partial charge in [-0.15, -0.1) is 11.3 Å². The van der Waals surface area contributed by atoms with E-state index in [1.165, 1.54) is 11.3 Å². The van der Waals surface area contributed by atoms with Crippen molar-refractivity contribution in [2.75, 3.05) is 5.32 Å². The zero-order valence-electron chi connectivity index (χ0n) is 8.88. The third-order valence-electron chi connectivity index (χ3n) is 2.26. The van der Waals surface area contributed by atoms with Gasteiger partial charge >= 0.3 is 0 Å². The minimum absolute atomic E-state index is 0.113. The van der Waals surface area contributed by atoms with Gasteiger partial charge in [-0.2, -0.15) is 0 Å². The molecular weight excluding hydrogens is 310 g/mol. The Labute approximate surface area is 110 Å². The molecule has 1 aromatic heterocycles. The molecule has 17 heavy (non-hydrogen) atoms. The Bertz CT molecular complexity index is 516. The highest BCUT2D eigenvalue weighted by molar-refractivity contribution is 9.10. The fraction of sp³-hybridized carbons (Fsp3) is 0.182. The molecule has 1 heterocycles. The van der Waals surface area contributed by atoms with E-state index in [-0.39, 0.29) is 16.2 Å². The van der Waals surface area contributed by atoms with Crippen LogP contribution in [0.3, 0.4) is 0 Å². The summed E-state index contributed by atoms with van der Waals surface area (Å²) in [7, 11) is 0. The minimum Gasteiger partial charge on any atom is -0.375 e. The average Bonchev–Trinajstić information content (AvgIpc) is 2.79. The molecular formula is C11H9BrF2N2S. The molecule has 0 spiro atoms. The first-order chi connectivity index (χ1) is 8.08. The molecule has 0 radical (unpaired) electrons. The van der Waals surface area contributed by atoms with E-state index in [2.05, 4.69) is 26.2 Å². The summed E-state index contributed by atoms with van der Waals surface area (Å²) >= 11 is 4.40. The van der Waals surface area contributed by atoms with E-state index in [9.17, 15) is 8.78 Å². The zero-order valence-corrected chi connectivity index (χ0v) is 11.3. The van der Waals surface area contributed by atoms with Gasteiger partial charge < -0.3 is 5.32 Å². The quantitative estimate of drug-likeness (QED) is 0.851. The Morgan fingerprint density at radius 1 is 1.35 bits per heavy atom. The molecule has 1 atom stereocenters. The topological polar surface area (TPSA) is 24.9 Å². The number of anilines is 1. The lowest BCUT2D eigenvalue weighted by molar-refractivity contribution is 0.595. The van der Waals surface area contributed by atoms with E-state index in [0.29, 0.717) is 0 Å². The molecule has 0 aliphatic rings. The van der Waals surface area contributed by atoms with Gasteiger partial charge in [0.15, 0.2) is 0 Å². The molecule has 2 aromatic rings. The van der Waals surface area contributed by atoms with Crippen molar-refractivity contribution in [3.63, 3.8) is 0 Å². The van der Waals surface area contributed by atoms with Crippen molar-refractivity contribution < 1.29 is 8.78 Å². The number of aromatic nitrogens is 1. The minimum atomic E-state index is -0.495. The monoisotopic (exact) mass is 318 g/mol. The van der Waals surface area contributed by atoms with Crippen molar-refractivity contribution in [3.8, 4) is 0 Å². The standard InChI is InChI=1S/C11H9BrF2N2S/c1-6(11-4-15-5-17-11)16-10-3-8(13)7(12)2-9(10)14/h2-6,16H,1H3. The largest absolute Gasteiger partial charge is 0.375 e. The summed E-state index contributed by atoms with van der Waals surface area (Å²) in [5, 5.41) is 2.92. The van der Waals surface area contributed by atoms with Gasteiger partial charge in [0.1, 0.15) is 11.6 Å². The van der Waals surface area contributed by atoms with Crippen LogP contribution in [0.2, 0.25) is 0 Å². The Morgan fingerprint density at radius 3 is 2.76 bits per heavy atom. The van der Waals surface area contributed by atoms with Crippen LogP contribution in [0.5, 0.6) is 0 Å². The summed E-state index contributed by atoms with van der Waals surface area (Å²) in [4.78, 5) is 4.91. The first-order valence-electron chi connectivity index (χ1n) is 4.87. The third kappa shape index (κ3) is 2.81. The summed E-state index contributed by atoms with van der Waals surface area (Å²) in [6, 6.07) is 2.13. The van der Waals surface area contributed by atoms with Gasteiger partial charge in [0, 0.05) is 17.1 Å². The summed E-state index contributed by atoms with van der Waals surface area (Å²) < 4.78 is 27.0. The van der Waals surface area contributed by atoms with Crippen molar-refractivity contribution in [3.05, 3.63) is 44.8 Å². The number of nitrogens with zero attached hydrogens (tertiary/aromatic N) is 1. The van der Waals surface area contributed by atoms with Crippen molar-refractivity contribution in [2.24, 2.45) is 0 Å². The highest BCUT2D eigenvalue weighted by atomic mass is 79.9. The number of benzene rings is 1. The lowest BCUT2D eigenvalue weighted by Gasteiger charge is -2.14. The molecule has 2 nitrogen and oxygen atoms in total. The van der Waals surface area contributed by atoms with Crippen LogP contribution in [0, 0.1) is 11.6 Å². The summed E-state index contributed by atoms with van der Waals surface area (Å²) in [6.07, 6.45) is 1.70. The van der Waals surface area contributed by atoms with Crippen LogP contribution in [0.1, 0.15) is 17.8 Å². The Hall–Kier alpha value is -1.01. The van der Waals surface area contributed by atoms with Crippen LogP contribution in [-0.4, -0.2) is 4.98 Å². The first kappa shape index (κ1) is 12.4. The molecule has 0 aliphatic heterocycles. The summed E-state index contributed by atoms with van der Waals surface area (Å²) in [5.74, 6) is -0.986. The molecule has 0 bridgehead atoms. The van der Waals surface area contributed by atoms with Crippen molar-refractivity contribution in [1.82, 2.24) is 4.98 Å². The SMILES string of the molecule is CC(Nc1cc(F)c(Br)cc1F)c1cncs1. The number of rotatable bonds is 3. The molecule has 0 saturated heterocycles. The first-order valence-corrected chi connectivity index (χ1v) is 6.54. The van der Waals surface area contributed by atoms with Gasteiger partial charge in [0.2, 0.25) is 0 Å². The van der Waals surface area contributed by atoms with E-state index >= 15 is 0 Å². The van der Waals surface area contributed by atoms with Gasteiger partial charge in [-0.25, -0.2) is 8.78 Å².